The van der Waals surface area contributed by atoms with Crippen molar-refractivity contribution in [1.82, 2.24) is 0 Å². The monoisotopic (exact) mass is 230 g/mol. The van der Waals surface area contributed by atoms with Crippen LogP contribution in [0.2, 0.25) is 0 Å². The van der Waals surface area contributed by atoms with Crippen LogP contribution in [0.4, 0.5) is 0 Å². The number of hydrogen-bond donors (Lipinski definition) is 2. The van der Waals surface area contributed by atoms with Crippen LogP contribution in [0.25, 0.3) is 0 Å². The van der Waals surface area contributed by atoms with Crippen molar-refractivity contribution < 1.29 is 19.7 Å². The number of para-hydroxylation sites is 1. The lowest BCUT2D eigenvalue weighted by Crippen LogP contribution is -2.08. The number of rotatable bonds is 2. The summed E-state index contributed by atoms with van der Waals surface area (Å²) in [5, 5.41) is 18.9. The summed E-state index contributed by atoms with van der Waals surface area (Å²) >= 11 is 0. The normalized spacial score (nSPS) is 9.88. The highest BCUT2D eigenvalue weighted by Gasteiger charge is 2.14. The molecule has 17 heavy (non-hydrogen) atoms. The molecule has 0 aliphatic rings. The van der Waals surface area contributed by atoms with Crippen molar-refractivity contribution >= 4 is 5.97 Å². The predicted molar refractivity (Wildman–Crippen MR) is 61.2 cm³/mol. The summed E-state index contributed by atoms with van der Waals surface area (Å²) in [4.78, 5) is 11.7. The SMILES string of the molecule is O=C(Oc1c(O)cccc1O)c1ccccc1. The van der Waals surface area contributed by atoms with Gasteiger partial charge in [-0.25, -0.2) is 4.79 Å². The van der Waals surface area contributed by atoms with Crippen molar-refractivity contribution in [3.63, 3.8) is 0 Å². The quantitative estimate of drug-likeness (QED) is 0.613. The molecule has 0 amide bonds. The number of esters is 1. The maximum absolute atomic E-state index is 11.7. The Hall–Kier alpha value is -2.49. The van der Waals surface area contributed by atoms with E-state index in [9.17, 15) is 15.0 Å². The van der Waals surface area contributed by atoms with E-state index in [1.165, 1.54) is 18.2 Å². The fourth-order valence-corrected chi connectivity index (χ4v) is 1.34. The van der Waals surface area contributed by atoms with Gasteiger partial charge >= 0.3 is 5.97 Å². The fourth-order valence-electron chi connectivity index (χ4n) is 1.34. The molecule has 2 rings (SSSR count). The van der Waals surface area contributed by atoms with Gasteiger partial charge in [0.05, 0.1) is 5.56 Å². The van der Waals surface area contributed by atoms with Gasteiger partial charge in [0.15, 0.2) is 11.5 Å². The van der Waals surface area contributed by atoms with Gasteiger partial charge < -0.3 is 14.9 Å². The average Bonchev–Trinajstić information content (AvgIpc) is 2.35. The van der Waals surface area contributed by atoms with Crippen LogP contribution in [0.5, 0.6) is 17.2 Å². The molecule has 0 atom stereocenters. The Morgan fingerprint density at radius 1 is 0.882 bits per heavy atom. The maximum Gasteiger partial charge on any atom is 0.343 e. The molecule has 4 heteroatoms. The van der Waals surface area contributed by atoms with E-state index in [4.69, 9.17) is 4.74 Å². The standard InChI is InChI=1S/C13H10O4/c14-10-7-4-8-11(15)12(10)17-13(16)9-5-2-1-3-6-9/h1-8,14-15H. The molecule has 86 valence electrons. The number of phenolic OH excluding ortho intramolecular Hbond substituents is 2. The van der Waals surface area contributed by atoms with E-state index >= 15 is 0 Å². The lowest BCUT2D eigenvalue weighted by Gasteiger charge is -2.07. The highest BCUT2D eigenvalue weighted by molar-refractivity contribution is 5.91. The summed E-state index contributed by atoms with van der Waals surface area (Å²) < 4.78 is 4.92. The van der Waals surface area contributed by atoms with Gasteiger partial charge in [-0.1, -0.05) is 24.3 Å². The van der Waals surface area contributed by atoms with Crippen molar-refractivity contribution in [3.05, 3.63) is 54.1 Å². The third kappa shape index (κ3) is 2.36. The van der Waals surface area contributed by atoms with Crippen LogP contribution in [-0.4, -0.2) is 16.2 Å². The molecule has 0 saturated carbocycles. The largest absolute Gasteiger partial charge is 0.504 e. The van der Waals surface area contributed by atoms with E-state index < -0.39 is 5.97 Å². The molecule has 4 nitrogen and oxygen atoms in total. The topological polar surface area (TPSA) is 66.8 Å². The Morgan fingerprint density at radius 3 is 2.06 bits per heavy atom. The van der Waals surface area contributed by atoms with Crippen LogP contribution in [0.1, 0.15) is 10.4 Å². The van der Waals surface area contributed by atoms with E-state index in [0.29, 0.717) is 5.56 Å². The second-order valence-electron chi connectivity index (χ2n) is 3.38. The molecule has 0 saturated heterocycles. The Labute approximate surface area is 97.7 Å². The summed E-state index contributed by atoms with van der Waals surface area (Å²) in [6, 6.07) is 12.4. The molecule has 0 unspecified atom stereocenters. The van der Waals surface area contributed by atoms with E-state index in [0.717, 1.165) is 0 Å². The Kier molecular flexibility index (Phi) is 2.96. The first kappa shape index (κ1) is 11.0. The first-order valence-electron chi connectivity index (χ1n) is 4.96. The lowest BCUT2D eigenvalue weighted by molar-refractivity contribution is 0.0724. The molecule has 0 aromatic heterocycles. The van der Waals surface area contributed by atoms with E-state index in [2.05, 4.69) is 0 Å². The second kappa shape index (κ2) is 4.57. The van der Waals surface area contributed by atoms with Gasteiger partial charge in [0.1, 0.15) is 0 Å². The molecule has 0 heterocycles. The molecule has 0 aliphatic carbocycles. The zero-order valence-corrected chi connectivity index (χ0v) is 8.83. The molecule has 0 radical (unpaired) electrons. The van der Waals surface area contributed by atoms with Crippen molar-refractivity contribution in [3.8, 4) is 17.2 Å². The number of aromatic hydroxyl groups is 2. The van der Waals surface area contributed by atoms with Crippen LogP contribution in [0.15, 0.2) is 48.5 Å². The molecular formula is C13H10O4. The highest BCUT2D eigenvalue weighted by atomic mass is 16.5. The molecule has 0 spiro atoms. The molecule has 2 N–H and O–H groups in total. The van der Waals surface area contributed by atoms with Crippen LogP contribution < -0.4 is 4.74 Å². The van der Waals surface area contributed by atoms with Gasteiger partial charge in [0, 0.05) is 0 Å². The van der Waals surface area contributed by atoms with Gasteiger partial charge in [-0.3, -0.25) is 0 Å². The zero-order chi connectivity index (χ0) is 12.3. The van der Waals surface area contributed by atoms with E-state index in [1.54, 1.807) is 30.3 Å². The molecule has 2 aromatic rings. The smallest absolute Gasteiger partial charge is 0.343 e. The lowest BCUT2D eigenvalue weighted by atomic mass is 10.2. The molecule has 2 aromatic carbocycles. The minimum Gasteiger partial charge on any atom is -0.504 e. The summed E-state index contributed by atoms with van der Waals surface area (Å²) in [6.45, 7) is 0. The summed E-state index contributed by atoms with van der Waals surface area (Å²) in [7, 11) is 0. The van der Waals surface area contributed by atoms with Gasteiger partial charge in [-0.2, -0.15) is 0 Å². The first-order chi connectivity index (χ1) is 8.18. The van der Waals surface area contributed by atoms with Crippen molar-refractivity contribution in [1.29, 1.82) is 0 Å². The second-order valence-corrected chi connectivity index (χ2v) is 3.38. The van der Waals surface area contributed by atoms with Gasteiger partial charge in [0.2, 0.25) is 5.75 Å². The number of ether oxygens (including phenoxy) is 1. The van der Waals surface area contributed by atoms with Crippen molar-refractivity contribution in [2.24, 2.45) is 0 Å². The minimum absolute atomic E-state index is 0.235. The number of hydrogen-bond acceptors (Lipinski definition) is 4. The summed E-state index contributed by atoms with van der Waals surface area (Å²) in [6.07, 6.45) is 0. The van der Waals surface area contributed by atoms with Crippen molar-refractivity contribution in [2.45, 2.75) is 0 Å². The number of benzene rings is 2. The summed E-state index contributed by atoms with van der Waals surface area (Å²) in [5.74, 6) is -1.44. The van der Waals surface area contributed by atoms with Crippen LogP contribution >= 0.6 is 0 Å². The number of carbonyl (C=O) groups excluding carboxylic acids is 1. The fraction of sp³-hybridized carbons (Fsp3) is 0. The van der Waals surface area contributed by atoms with Crippen LogP contribution in [-0.2, 0) is 0 Å². The zero-order valence-electron chi connectivity index (χ0n) is 8.83. The van der Waals surface area contributed by atoms with Crippen LogP contribution in [0, 0.1) is 0 Å². The Balaban J connectivity index is 2.25. The van der Waals surface area contributed by atoms with E-state index in [-0.39, 0.29) is 17.2 Å². The maximum atomic E-state index is 11.7. The Morgan fingerprint density at radius 2 is 1.47 bits per heavy atom. The number of carbonyl (C=O) groups is 1. The summed E-state index contributed by atoms with van der Waals surface area (Å²) in [5.41, 5.74) is 0.343. The van der Waals surface area contributed by atoms with Gasteiger partial charge in [-0.05, 0) is 24.3 Å². The van der Waals surface area contributed by atoms with Gasteiger partial charge in [-0.15, -0.1) is 0 Å². The average molecular weight is 230 g/mol. The van der Waals surface area contributed by atoms with Crippen molar-refractivity contribution in [2.75, 3.05) is 0 Å². The third-order valence-corrected chi connectivity index (χ3v) is 2.18. The minimum atomic E-state index is -0.637. The molecular weight excluding hydrogens is 220 g/mol. The molecule has 0 aliphatic heterocycles. The number of phenols is 2. The molecule has 0 bridgehead atoms. The van der Waals surface area contributed by atoms with Gasteiger partial charge in [0.25, 0.3) is 0 Å². The third-order valence-electron chi connectivity index (χ3n) is 2.18. The predicted octanol–water partition coefficient (Wildman–Crippen LogP) is 2.32. The molecule has 0 fully saturated rings. The highest BCUT2D eigenvalue weighted by Crippen LogP contribution is 2.35. The Bertz CT molecular complexity index is 514. The van der Waals surface area contributed by atoms with Crippen LogP contribution in [0.3, 0.4) is 0 Å². The first-order valence-corrected chi connectivity index (χ1v) is 4.96. The van der Waals surface area contributed by atoms with E-state index in [1.807, 2.05) is 0 Å².